The Labute approximate surface area is 170 Å². The number of hydrogen-bond acceptors (Lipinski definition) is 6. The highest BCUT2D eigenvalue weighted by Crippen LogP contribution is 2.29. The van der Waals surface area contributed by atoms with Crippen LogP contribution >= 0.6 is 23.2 Å². The molecule has 3 rings (SSSR count). The molecule has 1 amide bonds. The van der Waals surface area contributed by atoms with Gasteiger partial charge in [-0.3, -0.25) is 4.79 Å². The van der Waals surface area contributed by atoms with Crippen molar-refractivity contribution in [3.8, 4) is 5.75 Å². The summed E-state index contributed by atoms with van der Waals surface area (Å²) in [5, 5.41) is 3.76. The lowest BCUT2D eigenvalue weighted by molar-refractivity contribution is -0.119. The summed E-state index contributed by atoms with van der Waals surface area (Å²) in [5.41, 5.74) is 1.62. The minimum atomic E-state index is -0.755. The summed E-state index contributed by atoms with van der Waals surface area (Å²) in [6.07, 6.45) is 0. The van der Waals surface area contributed by atoms with Crippen LogP contribution in [0, 0.1) is 13.8 Å². The second kappa shape index (κ2) is 8.08. The molecule has 0 bridgehead atoms. The summed E-state index contributed by atoms with van der Waals surface area (Å²) in [4.78, 5) is 28.5. The second-order valence-corrected chi connectivity index (χ2v) is 6.74. The number of ether oxygens (including phenoxy) is 2. The molecule has 1 N–H and O–H groups in total. The number of aromatic nitrogens is 1. The van der Waals surface area contributed by atoms with Crippen molar-refractivity contribution in [2.24, 2.45) is 0 Å². The van der Waals surface area contributed by atoms with E-state index in [-0.39, 0.29) is 16.6 Å². The monoisotopic (exact) mass is 422 g/mol. The van der Waals surface area contributed by atoms with E-state index in [0.717, 1.165) is 5.39 Å². The number of hydrogen-bond donors (Lipinski definition) is 1. The molecule has 3 aromatic rings. The molecule has 0 fully saturated rings. The number of halogens is 2. The fourth-order valence-electron chi connectivity index (χ4n) is 2.53. The first-order chi connectivity index (χ1) is 13.3. The van der Waals surface area contributed by atoms with Crippen molar-refractivity contribution in [3.63, 3.8) is 0 Å². The zero-order valence-electron chi connectivity index (χ0n) is 15.3. The zero-order chi connectivity index (χ0) is 20.4. The molecule has 0 aliphatic carbocycles. The van der Waals surface area contributed by atoms with E-state index in [9.17, 15) is 9.59 Å². The fraction of sp³-hybridized carbons (Fsp3) is 0.211. The molecular formula is C19H16Cl2N2O5. The van der Waals surface area contributed by atoms with Gasteiger partial charge >= 0.3 is 5.97 Å². The second-order valence-electron chi connectivity index (χ2n) is 5.93. The summed E-state index contributed by atoms with van der Waals surface area (Å²) >= 11 is 11.9. The zero-order valence-corrected chi connectivity index (χ0v) is 16.8. The third kappa shape index (κ3) is 4.05. The molecule has 28 heavy (non-hydrogen) atoms. The van der Waals surface area contributed by atoms with Crippen LogP contribution in [0.4, 0.5) is 5.82 Å². The first-order valence-corrected chi connectivity index (χ1v) is 8.92. The van der Waals surface area contributed by atoms with Crippen LogP contribution in [-0.4, -0.2) is 30.6 Å². The topological polar surface area (TPSA) is 90.7 Å². The van der Waals surface area contributed by atoms with E-state index in [0.29, 0.717) is 27.6 Å². The molecule has 146 valence electrons. The number of aryl methyl sites for hydroxylation is 2. The van der Waals surface area contributed by atoms with Gasteiger partial charge in [-0.25, -0.2) is 9.78 Å². The summed E-state index contributed by atoms with van der Waals surface area (Å²) in [6.45, 7) is 2.87. The van der Waals surface area contributed by atoms with E-state index in [1.54, 1.807) is 39.2 Å². The number of anilines is 1. The van der Waals surface area contributed by atoms with Crippen molar-refractivity contribution in [2.45, 2.75) is 13.8 Å². The molecule has 0 radical (unpaired) electrons. The average molecular weight is 423 g/mol. The van der Waals surface area contributed by atoms with Gasteiger partial charge in [-0.05, 0) is 38.1 Å². The molecule has 0 saturated heterocycles. The number of carbonyl (C=O) groups is 2. The van der Waals surface area contributed by atoms with Crippen molar-refractivity contribution in [1.82, 2.24) is 4.98 Å². The Kier molecular flexibility index (Phi) is 5.76. The Morgan fingerprint density at radius 2 is 1.93 bits per heavy atom. The lowest BCUT2D eigenvalue weighted by Crippen LogP contribution is -2.22. The quantitative estimate of drug-likeness (QED) is 0.606. The van der Waals surface area contributed by atoms with Crippen LogP contribution in [0.5, 0.6) is 5.75 Å². The smallest absolute Gasteiger partial charge is 0.375 e. The van der Waals surface area contributed by atoms with Crippen LogP contribution in [0.2, 0.25) is 10.0 Å². The molecule has 7 nitrogen and oxygen atoms in total. The van der Waals surface area contributed by atoms with E-state index >= 15 is 0 Å². The van der Waals surface area contributed by atoms with E-state index in [2.05, 4.69) is 10.3 Å². The van der Waals surface area contributed by atoms with Gasteiger partial charge in [0.05, 0.1) is 22.8 Å². The molecule has 0 unspecified atom stereocenters. The van der Waals surface area contributed by atoms with Gasteiger partial charge in [-0.15, -0.1) is 0 Å². The maximum Gasteiger partial charge on any atom is 0.375 e. The number of furan rings is 1. The van der Waals surface area contributed by atoms with Gasteiger partial charge in [0.2, 0.25) is 5.76 Å². The van der Waals surface area contributed by atoms with E-state index in [1.807, 2.05) is 0 Å². The normalized spacial score (nSPS) is 10.8. The lowest BCUT2D eigenvalue weighted by atomic mass is 10.1. The van der Waals surface area contributed by atoms with Crippen LogP contribution in [0.1, 0.15) is 21.8 Å². The molecule has 0 saturated carbocycles. The summed E-state index contributed by atoms with van der Waals surface area (Å²) in [6, 6.07) is 6.65. The van der Waals surface area contributed by atoms with Crippen LogP contribution in [-0.2, 0) is 9.53 Å². The van der Waals surface area contributed by atoms with E-state index in [1.165, 1.54) is 6.07 Å². The minimum Gasteiger partial charge on any atom is -0.497 e. The van der Waals surface area contributed by atoms with Crippen LogP contribution in [0.3, 0.4) is 0 Å². The molecule has 2 aromatic heterocycles. The summed E-state index contributed by atoms with van der Waals surface area (Å²) in [5.74, 6) is -0.557. The Hall–Kier alpha value is -2.77. The molecule has 0 atom stereocenters. The number of nitrogens with zero attached hydrogens (tertiary/aromatic N) is 1. The van der Waals surface area contributed by atoms with Crippen molar-refractivity contribution in [2.75, 3.05) is 19.0 Å². The highest BCUT2D eigenvalue weighted by Gasteiger charge is 2.21. The first kappa shape index (κ1) is 20.0. The van der Waals surface area contributed by atoms with Gasteiger partial charge < -0.3 is 19.2 Å². The average Bonchev–Trinajstić information content (AvgIpc) is 3.00. The number of fused-ring (bicyclic) bond motifs is 1. The van der Waals surface area contributed by atoms with Gasteiger partial charge in [0.25, 0.3) is 5.91 Å². The number of esters is 1. The number of rotatable bonds is 5. The lowest BCUT2D eigenvalue weighted by Gasteiger charge is -2.08. The van der Waals surface area contributed by atoms with Crippen molar-refractivity contribution in [1.29, 1.82) is 0 Å². The molecular weight excluding hydrogens is 407 g/mol. The van der Waals surface area contributed by atoms with Crippen LogP contribution < -0.4 is 10.1 Å². The van der Waals surface area contributed by atoms with Crippen molar-refractivity contribution in [3.05, 3.63) is 51.3 Å². The van der Waals surface area contributed by atoms with Crippen molar-refractivity contribution < 1.29 is 23.5 Å². The maximum atomic E-state index is 12.3. The highest BCUT2D eigenvalue weighted by molar-refractivity contribution is 6.36. The number of methoxy groups -OCH3 is 1. The predicted octanol–water partition coefficient (Wildman–Crippen LogP) is 4.56. The molecule has 1 aromatic carbocycles. The van der Waals surface area contributed by atoms with E-state index < -0.39 is 18.5 Å². The summed E-state index contributed by atoms with van der Waals surface area (Å²) in [7, 11) is 1.55. The number of pyridine rings is 1. The number of carbonyl (C=O) groups excluding carboxylic acids is 2. The Morgan fingerprint density at radius 3 is 2.64 bits per heavy atom. The van der Waals surface area contributed by atoms with Gasteiger partial charge in [0.1, 0.15) is 11.3 Å². The van der Waals surface area contributed by atoms with Crippen LogP contribution in [0.15, 0.2) is 28.7 Å². The molecule has 9 heteroatoms. The standard InChI is InChI=1S/C19H16Cl2N2O5/c1-9-12-6-11(26-3)4-5-15(12)28-17(9)19(25)27-8-16(24)23-18-14(21)7-13(20)10(2)22-18/h4-7H,8H2,1-3H3,(H,22,23,24). The third-order valence-electron chi connectivity index (χ3n) is 4.03. The Balaban J connectivity index is 1.68. The molecule has 2 heterocycles. The number of amides is 1. The SMILES string of the molecule is COc1ccc2oc(C(=O)OCC(=O)Nc3nc(C)c(Cl)cc3Cl)c(C)c2c1. The molecule has 0 aliphatic heterocycles. The highest BCUT2D eigenvalue weighted by atomic mass is 35.5. The van der Waals surface area contributed by atoms with Gasteiger partial charge in [-0.2, -0.15) is 0 Å². The van der Waals surface area contributed by atoms with Crippen LogP contribution in [0.25, 0.3) is 11.0 Å². The summed E-state index contributed by atoms with van der Waals surface area (Å²) < 4.78 is 15.8. The maximum absolute atomic E-state index is 12.3. The number of nitrogens with one attached hydrogen (secondary N) is 1. The largest absolute Gasteiger partial charge is 0.497 e. The van der Waals surface area contributed by atoms with Gasteiger partial charge in [0, 0.05) is 10.9 Å². The van der Waals surface area contributed by atoms with Crippen molar-refractivity contribution >= 4 is 51.9 Å². The number of benzene rings is 1. The third-order valence-corrected chi connectivity index (χ3v) is 4.70. The Bertz CT molecular complexity index is 1080. The van der Waals surface area contributed by atoms with E-state index in [4.69, 9.17) is 37.1 Å². The first-order valence-electron chi connectivity index (χ1n) is 8.17. The Morgan fingerprint density at radius 1 is 1.18 bits per heavy atom. The van der Waals surface area contributed by atoms with Gasteiger partial charge in [0.15, 0.2) is 12.4 Å². The minimum absolute atomic E-state index is 0.0227. The molecule has 0 aliphatic rings. The molecule has 0 spiro atoms. The fourth-order valence-corrected chi connectivity index (χ4v) is 2.94. The van der Waals surface area contributed by atoms with Gasteiger partial charge in [-0.1, -0.05) is 23.2 Å². The predicted molar refractivity (Wildman–Crippen MR) is 105 cm³/mol.